The van der Waals surface area contributed by atoms with Crippen LogP contribution in [-0.2, 0) is 22.7 Å². The molecular weight excluding hydrogens is 455 g/mol. The average molecular weight is 482 g/mol. The number of sulfonamides is 1. The van der Waals surface area contributed by atoms with E-state index >= 15 is 0 Å². The monoisotopic (exact) mass is 481 g/mol. The maximum Gasteiger partial charge on any atom is 0.416 e. The fraction of sp³-hybridized carbons (Fsp3) is 0.364. The summed E-state index contributed by atoms with van der Waals surface area (Å²) in [5.41, 5.74) is -0.384. The number of para-hydroxylation sites is 1. The van der Waals surface area contributed by atoms with Gasteiger partial charge in [-0.05, 0) is 57.4 Å². The molecule has 0 aliphatic carbocycles. The Labute approximate surface area is 191 Å². The Morgan fingerprint density at radius 1 is 1.00 bits per heavy atom. The maximum atomic E-state index is 13.0. The molecule has 0 fully saturated rings. The van der Waals surface area contributed by atoms with Crippen LogP contribution in [0.5, 0.6) is 0 Å². The Bertz CT molecular complexity index is 1220. The molecule has 178 valence electrons. The molecule has 0 unspecified atom stereocenters. The van der Waals surface area contributed by atoms with Crippen molar-refractivity contribution in [2.45, 2.75) is 24.0 Å². The summed E-state index contributed by atoms with van der Waals surface area (Å²) < 4.78 is 65.9. The van der Waals surface area contributed by atoms with Crippen LogP contribution in [-0.4, -0.2) is 61.8 Å². The van der Waals surface area contributed by atoms with E-state index in [1.54, 1.807) is 6.07 Å². The molecule has 1 aromatic heterocycles. The number of hydrogen-bond donors (Lipinski definition) is 1. The molecule has 0 saturated heterocycles. The van der Waals surface area contributed by atoms with Crippen LogP contribution in [0.3, 0.4) is 0 Å². The van der Waals surface area contributed by atoms with E-state index in [-0.39, 0.29) is 12.4 Å². The Hall–Kier alpha value is -2.76. The zero-order valence-electron chi connectivity index (χ0n) is 18.6. The zero-order valence-corrected chi connectivity index (χ0v) is 19.4. The van der Waals surface area contributed by atoms with Gasteiger partial charge >= 0.3 is 6.18 Å². The first-order valence-electron chi connectivity index (χ1n) is 10.3. The van der Waals surface area contributed by atoms with Crippen LogP contribution in [0.2, 0.25) is 0 Å². The van der Waals surface area contributed by atoms with Crippen molar-refractivity contribution >= 4 is 26.7 Å². The fourth-order valence-corrected chi connectivity index (χ4v) is 4.40. The first-order valence-corrected chi connectivity index (χ1v) is 11.7. The first-order chi connectivity index (χ1) is 15.5. The van der Waals surface area contributed by atoms with Crippen molar-refractivity contribution in [2.24, 2.45) is 0 Å². The molecule has 3 aromatic rings. The Morgan fingerprint density at radius 2 is 1.73 bits per heavy atom. The average Bonchev–Trinajstić information content (AvgIpc) is 2.76. The SMILES string of the molecule is CN(C)CCCNc1nc(CN(C)S(=O)(=O)c2cccc(C(F)(F)F)c2)nc2ccccc12. The second-order valence-corrected chi connectivity index (χ2v) is 9.92. The van der Waals surface area contributed by atoms with Gasteiger partial charge in [0.1, 0.15) is 11.6 Å². The molecule has 7 nitrogen and oxygen atoms in total. The minimum absolute atomic E-state index is 0.199. The third kappa shape index (κ3) is 6.18. The molecule has 1 N–H and O–H groups in total. The molecule has 1 heterocycles. The number of nitrogens with zero attached hydrogens (tertiary/aromatic N) is 4. The van der Waals surface area contributed by atoms with Crippen molar-refractivity contribution in [3.05, 3.63) is 59.9 Å². The van der Waals surface area contributed by atoms with Gasteiger partial charge in [0, 0.05) is 19.0 Å². The van der Waals surface area contributed by atoms with E-state index in [1.165, 1.54) is 7.05 Å². The lowest BCUT2D eigenvalue weighted by molar-refractivity contribution is -0.137. The molecule has 2 aromatic carbocycles. The summed E-state index contributed by atoms with van der Waals surface area (Å²) in [6.07, 6.45) is -3.76. The number of anilines is 1. The summed E-state index contributed by atoms with van der Waals surface area (Å²) in [4.78, 5) is 10.6. The number of alkyl halides is 3. The third-order valence-electron chi connectivity index (χ3n) is 4.96. The number of rotatable bonds is 9. The normalized spacial score (nSPS) is 12.6. The van der Waals surface area contributed by atoms with Gasteiger partial charge in [0.05, 0.1) is 22.5 Å². The highest BCUT2D eigenvalue weighted by Crippen LogP contribution is 2.31. The summed E-state index contributed by atoms with van der Waals surface area (Å²) in [5, 5.41) is 4.08. The third-order valence-corrected chi connectivity index (χ3v) is 6.76. The molecule has 0 spiro atoms. The summed E-state index contributed by atoms with van der Waals surface area (Å²) in [7, 11) is 1.07. The molecule has 3 rings (SSSR count). The summed E-state index contributed by atoms with van der Waals surface area (Å²) >= 11 is 0. The molecule has 0 aliphatic heterocycles. The predicted octanol–water partition coefficient (Wildman–Crippen LogP) is 3.83. The summed E-state index contributed by atoms with van der Waals surface area (Å²) in [6.45, 7) is 1.35. The lowest BCUT2D eigenvalue weighted by Crippen LogP contribution is -2.28. The molecule has 0 amide bonds. The Kier molecular flexibility index (Phi) is 7.55. The summed E-state index contributed by atoms with van der Waals surface area (Å²) in [5.74, 6) is 0.820. The molecule has 11 heteroatoms. The highest BCUT2D eigenvalue weighted by molar-refractivity contribution is 7.89. The van der Waals surface area contributed by atoms with Crippen LogP contribution >= 0.6 is 0 Å². The van der Waals surface area contributed by atoms with Crippen molar-refractivity contribution < 1.29 is 21.6 Å². The van der Waals surface area contributed by atoms with Gasteiger partial charge < -0.3 is 10.2 Å². The van der Waals surface area contributed by atoms with Crippen LogP contribution < -0.4 is 5.32 Å². The minimum Gasteiger partial charge on any atom is -0.369 e. The van der Waals surface area contributed by atoms with Gasteiger partial charge in [0.15, 0.2) is 0 Å². The van der Waals surface area contributed by atoms with Gasteiger partial charge in [-0.3, -0.25) is 0 Å². The van der Waals surface area contributed by atoms with Gasteiger partial charge in [0.2, 0.25) is 10.0 Å². The van der Waals surface area contributed by atoms with Gasteiger partial charge in [-0.2, -0.15) is 17.5 Å². The molecule has 0 saturated carbocycles. The van der Waals surface area contributed by atoms with Crippen LogP contribution in [0.4, 0.5) is 19.0 Å². The first kappa shape index (κ1) is 24.9. The molecule has 33 heavy (non-hydrogen) atoms. The van der Waals surface area contributed by atoms with Gasteiger partial charge in [-0.1, -0.05) is 18.2 Å². The van der Waals surface area contributed by atoms with E-state index in [1.807, 2.05) is 32.3 Å². The number of nitrogens with one attached hydrogen (secondary N) is 1. The van der Waals surface area contributed by atoms with Crippen LogP contribution in [0, 0.1) is 0 Å². The Morgan fingerprint density at radius 3 is 2.42 bits per heavy atom. The van der Waals surface area contributed by atoms with Crippen molar-refractivity contribution in [2.75, 3.05) is 39.5 Å². The van der Waals surface area contributed by atoms with Crippen molar-refractivity contribution in [3.63, 3.8) is 0 Å². The quantitative estimate of drug-likeness (QED) is 0.468. The van der Waals surface area contributed by atoms with Gasteiger partial charge in [-0.25, -0.2) is 18.4 Å². The second kappa shape index (κ2) is 10.0. The highest BCUT2D eigenvalue weighted by Gasteiger charge is 2.32. The van der Waals surface area contributed by atoms with E-state index in [0.717, 1.165) is 40.9 Å². The number of hydrogen-bond acceptors (Lipinski definition) is 6. The standard InChI is InChI=1S/C22H26F3N5O2S/c1-29(2)13-7-12-26-21-18-10-4-5-11-19(18)27-20(28-21)15-30(3)33(31,32)17-9-6-8-16(14-17)22(23,24)25/h4-6,8-11,14H,7,12-13,15H2,1-3H3,(H,26,27,28). The molecule has 0 radical (unpaired) electrons. The van der Waals surface area contributed by atoms with Crippen LogP contribution in [0.1, 0.15) is 17.8 Å². The highest BCUT2D eigenvalue weighted by atomic mass is 32.2. The van der Waals surface area contributed by atoms with E-state index in [0.29, 0.717) is 23.9 Å². The van der Waals surface area contributed by atoms with Crippen molar-refractivity contribution in [3.8, 4) is 0 Å². The fourth-order valence-electron chi connectivity index (χ4n) is 3.23. The minimum atomic E-state index is -4.64. The van der Waals surface area contributed by atoms with Gasteiger partial charge in [-0.15, -0.1) is 0 Å². The van der Waals surface area contributed by atoms with Crippen molar-refractivity contribution in [1.82, 2.24) is 19.2 Å². The van der Waals surface area contributed by atoms with Crippen LogP contribution in [0.15, 0.2) is 53.4 Å². The molecular formula is C22H26F3N5O2S. The Balaban J connectivity index is 1.86. The number of benzene rings is 2. The predicted molar refractivity (Wildman–Crippen MR) is 121 cm³/mol. The topological polar surface area (TPSA) is 78.4 Å². The molecule has 0 atom stereocenters. The lowest BCUT2D eigenvalue weighted by Gasteiger charge is -2.18. The smallest absolute Gasteiger partial charge is 0.369 e. The largest absolute Gasteiger partial charge is 0.416 e. The number of halogens is 3. The van der Waals surface area contributed by atoms with E-state index in [4.69, 9.17) is 0 Å². The van der Waals surface area contributed by atoms with E-state index in [2.05, 4.69) is 20.2 Å². The van der Waals surface area contributed by atoms with E-state index in [9.17, 15) is 21.6 Å². The molecule has 0 aliphatic rings. The number of aromatic nitrogens is 2. The second-order valence-electron chi connectivity index (χ2n) is 7.88. The van der Waals surface area contributed by atoms with Crippen LogP contribution in [0.25, 0.3) is 10.9 Å². The lowest BCUT2D eigenvalue weighted by atomic mass is 10.2. The summed E-state index contributed by atoms with van der Waals surface area (Å²) in [6, 6.07) is 11.0. The van der Waals surface area contributed by atoms with Gasteiger partial charge in [0.25, 0.3) is 0 Å². The van der Waals surface area contributed by atoms with E-state index < -0.39 is 26.7 Å². The van der Waals surface area contributed by atoms with Crippen molar-refractivity contribution in [1.29, 1.82) is 0 Å². The molecule has 0 bridgehead atoms. The zero-order chi connectivity index (χ0) is 24.2. The number of fused-ring (bicyclic) bond motifs is 1. The maximum absolute atomic E-state index is 13.0.